The Balaban J connectivity index is 1.92. The average molecular weight is 286 g/mol. The van der Waals surface area contributed by atoms with Gasteiger partial charge in [-0.05, 0) is 30.5 Å². The van der Waals surface area contributed by atoms with Crippen LogP contribution in [0.2, 0.25) is 0 Å². The highest BCUT2D eigenvalue weighted by Crippen LogP contribution is 2.23. The number of alkyl halides is 1. The van der Waals surface area contributed by atoms with Crippen LogP contribution in [-0.2, 0) is 6.54 Å². The fourth-order valence-electron chi connectivity index (χ4n) is 2.56. The number of halogens is 2. The van der Waals surface area contributed by atoms with Gasteiger partial charge >= 0.3 is 0 Å². The molecule has 1 aliphatic rings. The van der Waals surface area contributed by atoms with Crippen molar-refractivity contribution < 1.29 is 9.13 Å². The van der Waals surface area contributed by atoms with E-state index in [0.717, 1.165) is 18.4 Å². The molecule has 2 atom stereocenters. The first kappa shape index (κ1) is 14.6. The summed E-state index contributed by atoms with van der Waals surface area (Å²) in [6.07, 6.45) is 5.86. The van der Waals surface area contributed by atoms with Gasteiger partial charge in [0.05, 0.1) is 7.11 Å². The molecule has 1 aromatic rings. The molecular weight excluding hydrogens is 265 g/mol. The number of benzene rings is 1. The van der Waals surface area contributed by atoms with E-state index in [1.165, 1.54) is 32.4 Å². The van der Waals surface area contributed by atoms with Gasteiger partial charge in [-0.1, -0.05) is 25.3 Å². The van der Waals surface area contributed by atoms with E-state index in [0.29, 0.717) is 12.6 Å². The van der Waals surface area contributed by atoms with Crippen LogP contribution in [0.3, 0.4) is 0 Å². The fourth-order valence-corrected chi connectivity index (χ4v) is 2.93. The van der Waals surface area contributed by atoms with E-state index in [9.17, 15) is 4.39 Å². The summed E-state index contributed by atoms with van der Waals surface area (Å²) in [5, 5.41) is 3.64. The molecular formula is C15H21ClFNO. The van der Waals surface area contributed by atoms with E-state index in [1.807, 2.05) is 6.07 Å². The second-order valence-corrected chi connectivity index (χ2v) is 5.67. The van der Waals surface area contributed by atoms with Crippen LogP contribution in [-0.4, -0.2) is 18.5 Å². The van der Waals surface area contributed by atoms with Gasteiger partial charge in [0.25, 0.3) is 0 Å². The fraction of sp³-hybridized carbons (Fsp3) is 0.600. The summed E-state index contributed by atoms with van der Waals surface area (Å²) in [5.74, 6) is -0.0291. The molecule has 4 heteroatoms. The van der Waals surface area contributed by atoms with Crippen LogP contribution in [0.15, 0.2) is 18.2 Å². The molecule has 0 saturated heterocycles. The molecule has 106 valence electrons. The number of ether oxygens (including phenoxy) is 1. The van der Waals surface area contributed by atoms with Crippen LogP contribution in [0.4, 0.5) is 4.39 Å². The number of rotatable bonds is 4. The molecule has 0 radical (unpaired) electrons. The Morgan fingerprint density at radius 2 is 2.11 bits per heavy atom. The summed E-state index contributed by atoms with van der Waals surface area (Å²) in [5.41, 5.74) is 0.923. The molecule has 1 fully saturated rings. The lowest BCUT2D eigenvalue weighted by molar-refractivity contribution is 0.385. The predicted octanol–water partition coefficient (Wildman–Crippen LogP) is 3.86. The third-order valence-electron chi connectivity index (χ3n) is 3.72. The highest BCUT2D eigenvalue weighted by Gasteiger charge is 2.21. The van der Waals surface area contributed by atoms with Crippen molar-refractivity contribution in [3.05, 3.63) is 29.6 Å². The molecule has 1 aliphatic carbocycles. The summed E-state index contributed by atoms with van der Waals surface area (Å²) < 4.78 is 18.5. The van der Waals surface area contributed by atoms with Crippen LogP contribution < -0.4 is 10.1 Å². The normalized spacial score (nSPS) is 23.9. The van der Waals surface area contributed by atoms with Gasteiger partial charge in [0, 0.05) is 18.0 Å². The van der Waals surface area contributed by atoms with Crippen molar-refractivity contribution in [1.29, 1.82) is 0 Å². The van der Waals surface area contributed by atoms with Crippen LogP contribution in [0, 0.1) is 5.82 Å². The lowest BCUT2D eigenvalue weighted by Crippen LogP contribution is -2.35. The third kappa shape index (κ3) is 4.08. The Kier molecular flexibility index (Phi) is 5.46. The van der Waals surface area contributed by atoms with Gasteiger partial charge in [0.15, 0.2) is 11.6 Å². The Labute approximate surface area is 119 Å². The molecule has 1 N–H and O–H groups in total. The van der Waals surface area contributed by atoms with Gasteiger partial charge in [-0.25, -0.2) is 4.39 Å². The zero-order chi connectivity index (χ0) is 13.7. The maximum Gasteiger partial charge on any atom is 0.165 e. The molecule has 2 nitrogen and oxygen atoms in total. The van der Waals surface area contributed by atoms with E-state index in [-0.39, 0.29) is 16.9 Å². The monoisotopic (exact) mass is 285 g/mol. The number of methoxy groups -OCH3 is 1. The van der Waals surface area contributed by atoms with E-state index in [1.54, 1.807) is 6.07 Å². The van der Waals surface area contributed by atoms with Crippen molar-refractivity contribution in [3.8, 4) is 5.75 Å². The van der Waals surface area contributed by atoms with Gasteiger partial charge in [-0.2, -0.15) is 0 Å². The Hall–Kier alpha value is -0.800. The van der Waals surface area contributed by atoms with Crippen molar-refractivity contribution in [2.24, 2.45) is 0 Å². The molecule has 1 aromatic carbocycles. The van der Waals surface area contributed by atoms with E-state index in [2.05, 4.69) is 5.32 Å². The smallest absolute Gasteiger partial charge is 0.165 e. The molecule has 0 aromatic heterocycles. The molecule has 0 bridgehead atoms. The highest BCUT2D eigenvalue weighted by atomic mass is 35.5. The van der Waals surface area contributed by atoms with Crippen molar-refractivity contribution in [1.82, 2.24) is 5.32 Å². The summed E-state index contributed by atoms with van der Waals surface area (Å²) in [4.78, 5) is 0. The minimum absolute atomic E-state index is 0.186. The highest BCUT2D eigenvalue weighted by molar-refractivity contribution is 6.21. The number of nitrogens with one attached hydrogen (secondary N) is 1. The maximum atomic E-state index is 13.6. The standard InChI is InChI=1S/C15H21ClFNO/c1-19-15-8-7-11(9-13(15)17)10-18-14-6-4-2-3-5-12(14)16/h7-9,12,14,18H,2-6,10H2,1H3. The van der Waals surface area contributed by atoms with Crippen molar-refractivity contribution in [2.45, 2.75) is 50.1 Å². The summed E-state index contributed by atoms with van der Waals surface area (Å²) in [6.45, 7) is 0.648. The van der Waals surface area contributed by atoms with Gasteiger partial charge in [0.1, 0.15) is 0 Å². The van der Waals surface area contributed by atoms with Gasteiger partial charge < -0.3 is 10.1 Å². The quantitative estimate of drug-likeness (QED) is 0.670. The second-order valence-electron chi connectivity index (χ2n) is 5.11. The first-order chi connectivity index (χ1) is 9.20. The minimum atomic E-state index is -0.315. The molecule has 1 saturated carbocycles. The molecule has 0 amide bonds. The summed E-state index contributed by atoms with van der Waals surface area (Å²) >= 11 is 6.38. The molecule has 2 rings (SSSR count). The average Bonchev–Trinajstić information content (AvgIpc) is 2.61. The van der Waals surface area contributed by atoms with Crippen molar-refractivity contribution in [2.75, 3.05) is 7.11 Å². The second kappa shape index (κ2) is 7.11. The van der Waals surface area contributed by atoms with Crippen LogP contribution in [0.1, 0.15) is 37.7 Å². The van der Waals surface area contributed by atoms with Crippen LogP contribution in [0.5, 0.6) is 5.75 Å². The maximum absolute atomic E-state index is 13.6. The van der Waals surface area contributed by atoms with E-state index < -0.39 is 0 Å². The van der Waals surface area contributed by atoms with Gasteiger partial charge in [-0.3, -0.25) is 0 Å². The Morgan fingerprint density at radius 1 is 1.32 bits per heavy atom. The number of hydrogen-bond donors (Lipinski definition) is 1. The largest absolute Gasteiger partial charge is 0.494 e. The molecule has 0 spiro atoms. The van der Waals surface area contributed by atoms with Crippen molar-refractivity contribution >= 4 is 11.6 Å². The lowest BCUT2D eigenvalue weighted by Gasteiger charge is -2.21. The van der Waals surface area contributed by atoms with E-state index >= 15 is 0 Å². The van der Waals surface area contributed by atoms with Gasteiger partial charge in [0.2, 0.25) is 0 Å². The Morgan fingerprint density at radius 3 is 2.84 bits per heavy atom. The third-order valence-corrected chi connectivity index (χ3v) is 4.24. The first-order valence-corrected chi connectivity index (χ1v) is 7.34. The lowest BCUT2D eigenvalue weighted by atomic mass is 10.1. The van der Waals surface area contributed by atoms with Gasteiger partial charge in [-0.15, -0.1) is 11.6 Å². The topological polar surface area (TPSA) is 21.3 Å². The molecule has 0 aliphatic heterocycles. The SMILES string of the molecule is COc1ccc(CNC2CCCCCC2Cl)cc1F. The zero-order valence-electron chi connectivity index (χ0n) is 11.3. The molecule has 2 unspecified atom stereocenters. The number of hydrogen-bond acceptors (Lipinski definition) is 2. The first-order valence-electron chi connectivity index (χ1n) is 6.90. The van der Waals surface area contributed by atoms with Crippen LogP contribution >= 0.6 is 11.6 Å². The summed E-state index contributed by atoms with van der Waals surface area (Å²) in [6, 6.07) is 5.40. The summed E-state index contributed by atoms with van der Waals surface area (Å²) in [7, 11) is 1.47. The predicted molar refractivity (Wildman–Crippen MR) is 76.3 cm³/mol. The minimum Gasteiger partial charge on any atom is -0.494 e. The molecule has 19 heavy (non-hydrogen) atoms. The molecule has 0 heterocycles. The van der Waals surface area contributed by atoms with E-state index in [4.69, 9.17) is 16.3 Å². The van der Waals surface area contributed by atoms with Crippen molar-refractivity contribution in [3.63, 3.8) is 0 Å². The Bertz CT molecular complexity index is 413. The van der Waals surface area contributed by atoms with Crippen LogP contribution in [0.25, 0.3) is 0 Å². The zero-order valence-corrected chi connectivity index (χ0v) is 12.0.